The highest BCUT2D eigenvalue weighted by atomic mass is 16.4. The van der Waals surface area contributed by atoms with Gasteiger partial charge >= 0.3 is 11.9 Å². The second-order valence-electron chi connectivity index (χ2n) is 3.51. The van der Waals surface area contributed by atoms with E-state index in [0.717, 1.165) is 6.42 Å². The van der Waals surface area contributed by atoms with Gasteiger partial charge in [0, 0.05) is 17.6 Å². The van der Waals surface area contributed by atoms with E-state index < -0.39 is 11.9 Å². The maximum atomic E-state index is 10.0. The lowest BCUT2D eigenvalue weighted by Gasteiger charge is -1.79. The second kappa shape index (κ2) is 13.8. The van der Waals surface area contributed by atoms with E-state index in [1.807, 2.05) is 6.92 Å². The van der Waals surface area contributed by atoms with Gasteiger partial charge in [0.1, 0.15) is 0 Å². The van der Waals surface area contributed by atoms with Crippen molar-refractivity contribution >= 4 is 24.0 Å². The van der Waals surface area contributed by atoms with E-state index in [4.69, 9.17) is 10.2 Å². The number of aldehydes is 1. The van der Waals surface area contributed by atoms with Crippen molar-refractivity contribution in [2.75, 3.05) is 0 Å². The first-order valence-electron chi connectivity index (χ1n) is 5.35. The molecule has 108 valence electrons. The highest BCUT2D eigenvalue weighted by molar-refractivity contribution is 6.24. The first-order chi connectivity index (χ1) is 8.59. The predicted octanol–water partition coefficient (Wildman–Crippen LogP) is 1.85. The van der Waals surface area contributed by atoms with Crippen LogP contribution in [0.4, 0.5) is 0 Å². The molecule has 6 heteroatoms. The van der Waals surface area contributed by atoms with Crippen LogP contribution in [0.15, 0.2) is 24.3 Å². The van der Waals surface area contributed by atoms with Crippen molar-refractivity contribution in [3.8, 4) is 0 Å². The molecule has 0 atom stereocenters. The number of Topliss-reactive ketones (excluding diaryl/α,β-unsaturated/α-hetero) is 1. The Morgan fingerprint density at radius 1 is 1.00 bits per heavy atom. The van der Waals surface area contributed by atoms with Crippen LogP contribution in [0.25, 0.3) is 0 Å². The van der Waals surface area contributed by atoms with Crippen molar-refractivity contribution in [2.45, 2.75) is 33.6 Å². The molecule has 0 saturated heterocycles. The average molecular weight is 272 g/mol. The molecule has 0 aromatic carbocycles. The molecule has 0 aliphatic carbocycles. The van der Waals surface area contributed by atoms with E-state index in [0.29, 0.717) is 12.7 Å². The number of hydrogen-bond acceptors (Lipinski definition) is 4. The summed E-state index contributed by atoms with van der Waals surface area (Å²) in [5, 5.41) is 15.8. The fourth-order valence-electron chi connectivity index (χ4n) is 0.305. The molecule has 0 radical (unpaired) electrons. The quantitative estimate of drug-likeness (QED) is 0.449. The summed E-state index contributed by atoms with van der Waals surface area (Å²) in [5.41, 5.74) is 0.352. The molecule has 0 aliphatic rings. The van der Waals surface area contributed by atoms with Gasteiger partial charge in [0.15, 0.2) is 12.1 Å². The van der Waals surface area contributed by atoms with Gasteiger partial charge in [-0.1, -0.05) is 20.1 Å². The minimum atomic E-state index is -0.935. The fraction of sp³-hybridized carbons (Fsp3) is 0.385. The summed E-state index contributed by atoms with van der Waals surface area (Å²) in [7, 11) is 0. The Morgan fingerprint density at radius 3 is 1.32 bits per heavy atom. The van der Waals surface area contributed by atoms with Gasteiger partial charge in [0.25, 0.3) is 0 Å². The average Bonchev–Trinajstić information content (AvgIpc) is 2.30. The lowest BCUT2D eigenvalue weighted by Crippen LogP contribution is -1.95. The maximum absolute atomic E-state index is 10.0. The van der Waals surface area contributed by atoms with Crippen LogP contribution in [0.2, 0.25) is 0 Å². The molecular weight excluding hydrogens is 252 g/mol. The molecule has 0 bridgehead atoms. The standard InChI is InChI=1S/C5H8O2.2C4H6O2/c1-2-3-5(7)4-6;2*1-3(2)4(5)6/h4H,2-3H2,1H3;2*1H2,2H3,(H,5,6). The summed E-state index contributed by atoms with van der Waals surface area (Å²) < 4.78 is 0. The highest BCUT2D eigenvalue weighted by Gasteiger charge is 1.92. The van der Waals surface area contributed by atoms with Crippen molar-refractivity contribution in [1.82, 2.24) is 0 Å². The number of hydrogen-bond donors (Lipinski definition) is 2. The zero-order valence-corrected chi connectivity index (χ0v) is 11.4. The maximum Gasteiger partial charge on any atom is 0.330 e. The minimum absolute atomic E-state index is 0.176. The zero-order valence-electron chi connectivity index (χ0n) is 11.4. The molecule has 0 aromatic rings. The van der Waals surface area contributed by atoms with Gasteiger partial charge in [-0.15, -0.1) is 0 Å². The molecule has 6 nitrogen and oxygen atoms in total. The SMILES string of the molecule is C=C(C)C(=O)O.C=C(C)C(=O)O.CCCC(=O)C=O. The number of carboxylic acid groups (broad SMARTS) is 2. The van der Waals surface area contributed by atoms with Crippen molar-refractivity contribution in [1.29, 1.82) is 0 Å². The number of ketones is 1. The van der Waals surface area contributed by atoms with E-state index in [1.54, 1.807) is 0 Å². The van der Waals surface area contributed by atoms with Gasteiger partial charge in [0.2, 0.25) is 0 Å². The summed E-state index contributed by atoms with van der Waals surface area (Å²) in [6.45, 7) is 11.1. The van der Waals surface area contributed by atoms with Crippen molar-refractivity contribution in [3.05, 3.63) is 24.3 Å². The molecule has 0 amide bonds. The molecule has 0 unspecified atom stereocenters. The van der Waals surface area contributed by atoms with Gasteiger partial charge in [-0.2, -0.15) is 0 Å². The molecule has 0 rings (SSSR count). The van der Waals surface area contributed by atoms with E-state index >= 15 is 0 Å². The fourth-order valence-corrected chi connectivity index (χ4v) is 0.305. The normalized spacial score (nSPS) is 7.74. The Bertz CT molecular complexity index is 306. The van der Waals surface area contributed by atoms with Gasteiger partial charge in [-0.05, 0) is 20.3 Å². The summed E-state index contributed by atoms with van der Waals surface area (Å²) >= 11 is 0. The third-order valence-electron chi connectivity index (χ3n) is 1.36. The first kappa shape index (κ1) is 22.0. The summed E-state index contributed by atoms with van der Waals surface area (Å²) in [4.78, 5) is 38.8. The number of aliphatic carboxylic acids is 2. The molecule has 0 fully saturated rings. The Morgan fingerprint density at radius 2 is 1.26 bits per heavy atom. The zero-order chi connectivity index (χ0) is 16.0. The molecule has 0 heterocycles. The number of carbonyl (C=O) groups excluding carboxylic acids is 2. The minimum Gasteiger partial charge on any atom is -0.478 e. The van der Waals surface area contributed by atoms with Crippen LogP contribution in [0.5, 0.6) is 0 Å². The predicted molar refractivity (Wildman–Crippen MR) is 70.9 cm³/mol. The lowest BCUT2D eigenvalue weighted by molar-refractivity contribution is -0.133. The second-order valence-corrected chi connectivity index (χ2v) is 3.51. The van der Waals surface area contributed by atoms with E-state index in [1.165, 1.54) is 13.8 Å². The Labute approximate surface area is 112 Å². The van der Waals surface area contributed by atoms with Crippen LogP contribution < -0.4 is 0 Å². The van der Waals surface area contributed by atoms with Crippen LogP contribution in [0, 0.1) is 0 Å². The van der Waals surface area contributed by atoms with E-state index in [2.05, 4.69) is 13.2 Å². The van der Waals surface area contributed by atoms with Gasteiger partial charge in [-0.25, -0.2) is 9.59 Å². The topological polar surface area (TPSA) is 109 Å². The van der Waals surface area contributed by atoms with Crippen LogP contribution in [-0.2, 0) is 19.2 Å². The molecule has 0 aromatic heterocycles. The Balaban J connectivity index is -0.000000203. The molecular formula is C13H20O6. The molecule has 0 spiro atoms. The van der Waals surface area contributed by atoms with Gasteiger partial charge in [-0.3, -0.25) is 9.59 Å². The third-order valence-corrected chi connectivity index (χ3v) is 1.36. The number of carboxylic acids is 2. The van der Waals surface area contributed by atoms with Crippen molar-refractivity contribution in [2.24, 2.45) is 0 Å². The van der Waals surface area contributed by atoms with E-state index in [9.17, 15) is 19.2 Å². The summed E-state index contributed by atoms with van der Waals surface area (Å²) in [6.07, 6.45) is 1.52. The summed E-state index contributed by atoms with van der Waals surface area (Å²) in [5.74, 6) is -2.17. The van der Waals surface area contributed by atoms with Crippen LogP contribution in [0.3, 0.4) is 0 Å². The van der Waals surface area contributed by atoms with Gasteiger partial charge < -0.3 is 10.2 Å². The largest absolute Gasteiger partial charge is 0.478 e. The van der Waals surface area contributed by atoms with Crippen LogP contribution in [0.1, 0.15) is 33.6 Å². The van der Waals surface area contributed by atoms with Crippen LogP contribution in [-0.4, -0.2) is 34.2 Å². The molecule has 2 N–H and O–H groups in total. The Kier molecular flexibility index (Phi) is 16.0. The lowest BCUT2D eigenvalue weighted by atomic mass is 10.2. The first-order valence-corrected chi connectivity index (χ1v) is 5.35. The van der Waals surface area contributed by atoms with Crippen LogP contribution >= 0.6 is 0 Å². The number of rotatable bonds is 5. The third kappa shape index (κ3) is 25.8. The molecule has 0 saturated carbocycles. The summed E-state index contributed by atoms with van der Waals surface area (Å²) in [6, 6.07) is 0. The molecule has 0 aliphatic heterocycles. The monoisotopic (exact) mass is 272 g/mol. The smallest absolute Gasteiger partial charge is 0.330 e. The molecule has 19 heavy (non-hydrogen) atoms. The number of carbonyl (C=O) groups is 4. The van der Waals surface area contributed by atoms with Crippen molar-refractivity contribution in [3.63, 3.8) is 0 Å². The van der Waals surface area contributed by atoms with E-state index in [-0.39, 0.29) is 16.9 Å². The highest BCUT2D eigenvalue weighted by Crippen LogP contribution is 1.83. The van der Waals surface area contributed by atoms with Crippen molar-refractivity contribution < 1.29 is 29.4 Å². The van der Waals surface area contributed by atoms with Gasteiger partial charge in [0.05, 0.1) is 0 Å². The Hall–Kier alpha value is -2.24.